The molecule has 0 atom stereocenters. The fraction of sp³-hybridized carbons (Fsp3) is 0.179. The Morgan fingerprint density at radius 1 is 0.774 bits per heavy atom. The van der Waals surface area contributed by atoms with Crippen molar-refractivity contribution in [2.24, 2.45) is 0 Å². The van der Waals surface area contributed by atoms with Crippen LogP contribution in [0.15, 0.2) is 79.0 Å². The Labute approximate surface area is 188 Å². The maximum absolute atomic E-state index is 5.97. The molecule has 5 rings (SSSR count). The zero-order valence-corrected chi connectivity index (χ0v) is 18.1. The van der Waals surface area contributed by atoms with Crippen molar-refractivity contribution in [1.29, 1.82) is 0 Å². The summed E-state index contributed by atoms with van der Waals surface area (Å²) >= 11 is 5.97. The number of halogens is 1. The highest BCUT2D eigenvalue weighted by molar-refractivity contribution is 6.30. The van der Waals surface area contributed by atoms with Crippen molar-refractivity contribution >= 4 is 22.4 Å². The van der Waals surface area contributed by atoms with E-state index in [2.05, 4.69) is 58.1 Å². The first-order chi connectivity index (χ1) is 15.2. The van der Waals surface area contributed by atoms with Crippen LogP contribution < -0.4 is 0 Å². The molecule has 2 heterocycles. The predicted octanol–water partition coefficient (Wildman–Crippen LogP) is 6.55. The molecule has 1 fully saturated rings. The normalized spacial score (nSPS) is 13.8. The summed E-state index contributed by atoms with van der Waals surface area (Å²) in [6, 6.07) is 25.0. The number of likely N-dealkylation sites (tertiary alicyclic amines) is 1. The Kier molecular flexibility index (Phi) is 5.71. The molecule has 31 heavy (non-hydrogen) atoms. The number of hydrogen-bond donors (Lipinski definition) is 0. The lowest BCUT2D eigenvalue weighted by Gasteiger charge is -2.14. The Bertz CT molecular complexity index is 1260. The third kappa shape index (κ3) is 4.80. The maximum atomic E-state index is 5.97. The van der Waals surface area contributed by atoms with Gasteiger partial charge in [0, 0.05) is 28.9 Å². The van der Waals surface area contributed by atoms with E-state index in [1.54, 1.807) is 0 Å². The van der Waals surface area contributed by atoms with E-state index in [-0.39, 0.29) is 0 Å². The van der Waals surface area contributed by atoms with Crippen molar-refractivity contribution in [3.63, 3.8) is 0 Å². The van der Waals surface area contributed by atoms with Crippen LogP contribution in [-0.2, 0) is 6.54 Å². The lowest BCUT2D eigenvalue weighted by atomic mass is 10.0. The van der Waals surface area contributed by atoms with Gasteiger partial charge in [0.25, 0.3) is 0 Å². The molecule has 0 N–H and O–H groups in total. The molecule has 2 nitrogen and oxygen atoms in total. The average molecular weight is 423 g/mol. The van der Waals surface area contributed by atoms with Gasteiger partial charge in [0.05, 0.1) is 0 Å². The van der Waals surface area contributed by atoms with E-state index >= 15 is 0 Å². The van der Waals surface area contributed by atoms with Gasteiger partial charge in [-0.25, -0.2) is 4.98 Å². The van der Waals surface area contributed by atoms with Gasteiger partial charge in [-0.3, -0.25) is 4.90 Å². The van der Waals surface area contributed by atoms with E-state index in [1.807, 2.05) is 42.6 Å². The molecular weight excluding hydrogens is 400 g/mol. The van der Waals surface area contributed by atoms with Crippen LogP contribution in [0.1, 0.15) is 29.7 Å². The zero-order valence-electron chi connectivity index (χ0n) is 17.3. The fourth-order valence-electron chi connectivity index (χ4n) is 4.09. The number of hydrogen-bond acceptors (Lipinski definition) is 2. The summed E-state index contributed by atoms with van der Waals surface area (Å²) in [6.45, 7) is 3.50. The Hall–Kier alpha value is -3.12. The summed E-state index contributed by atoms with van der Waals surface area (Å²) in [4.78, 5) is 7.04. The molecule has 1 aromatic heterocycles. The molecule has 0 unspecified atom stereocenters. The van der Waals surface area contributed by atoms with Crippen molar-refractivity contribution in [2.45, 2.75) is 19.4 Å². The monoisotopic (exact) mass is 422 g/mol. The van der Waals surface area contributed by atoms with Gasteiger partial charge in [0.1, 0.15) is 5.69 Å². The quantitative estimate of drug-likeness (QED) is 0.348. The molecule has 0 amide bonds. The minimum absolute atomic E-state index is 0.734. The van der Waals surface area contributed by atoms with Crippen molar-refractivity contribution in [3.8, 4) is 23.0 Å². The van der Waals surface area contributed by atoms with E-state index in [0.29, 0.717) is 0 Å². The summed E-state index contributed by atoms with van der Waals surface area (Å²) in [7, 11) is 0. The average Bonchev–Trinajstić information content (AvgIpc) is 3.32. The molecule has 0 aliphatic carbocycles. The van der Waals surface area contributed by atoms with Gasteiger partial charge in [-0.15, -0.1) is 0 Å². The Morgan fingerprint density at radius 3 is 2.29 bits per heavy atom. The van der Waals surface area contributed by atoms with Gasteiger partial charge in [-0.1, -0.05) is 53.9 Å². The second-order valence-corrected chi connectivity index (χ2v) is 8.50. The molecule has 1 aliphatic rings. The molecule has 0 spiro atoms. The number of nitrogens with zero attached hydrogens (tertiary/aromatic N) is 2. The SMILES string of the molecule is Clc1ccc(-c2ccc(C#Cc3ccc4cc(CN5CCCC5)ccc4c3)nc2)cc1. The molecule has 1 saturated heterocycles. The van der Waals surface area contributed by atoms with Crippen LogP contribution in [0.2, 0.25) is 5.02 Å². The van der Waals surface area contributed by atoms with Crippen LogP contribution in [0.4, 0.5) is 0 Å². The molecule has 0 radical (unpaired) electrons. The summed E-state index contributed by atoms with van der Waals surface area (Å²) in [5.41, 5.74) is 5.30. The fourth-order valence-corrected chi connectivity index (χ4v) is 4.21. The Balaban J connectivity index is 1.31. The Morgan fingerprint density at radius 2 is 1.52 bits per heavy atom. The smallest absolute Gasteiger partial charge is 0.113 e. The molecule has 3 heteroatoms. The predicted molar refractivity (Wildman–Crippen MR) is 129 cm³/mol. The number of benzene rings is 3. The number of pyridine rings is 1. The van der Waals surface area contributed by atoms with Gasteiger partial charge >= 0.3 is 0 Å². The highest BCUT2D eigenvalue weighted by atomic mass is 35.5. The van der Waals surface area contributed by atoms with Crippen molar-refractivity contribution in [1.82, 2.24) is 9.88 Å². The highest BCUT2D eigenvalue weighted by Gasteiger charge is 2.11. The molecule has 0 bridgehead atoms. The van der Waals surface area contributed by atoms with Crippen LogP contribution in [0, 0.1) is 11.8 Å². The van der Waals surface area contributed by atoms with Crippen LogP contribution in [-0.4, -0.2) is 23.0 Å². The number of fused-ring (bicyclic) bond motifs is 1. The second-order valence-electron chi connectivity index (χ2n) is 8.07. The van der Waals surface area contributed by atoms with Gasteiger partial charge in [-0.05, 0) is 90.1 Å². The lowest BCUT2D eigenvalue weighted by Crippen LogP contribution is -2.18. The summed E-state index contributed by atoms with van der Waals surface area (Å²) in [5, 5.41) is 3.23. The van der Waals surface area contributed by atoms with Gasteiger partial charge in [0.15, 0.2) is 0 Å². The van der Waals surface area contributed by atoms with E-state index in [1.165, 1.54) is 42.3 Å². The number of rotatable bonds is 3. The topological polar surface area (TPSA) is 16.1 Å². The minimum Gasteiger partial charge on any atom is -0.299 e. The summed E-state index contributed by atoms with van der Waals surface area (Å²) in [6.07, 6.45) is 4.51. The van der Waals surface area contributed by atoms with E-state index < -0.39 is 0 Å². The first kappa shape index (κ1) is 19.8. The van der Waals surface area contributed by atoms with Gasteiger partial charge < -0.3 is 0 Å². The first-order valence-corrected chi connectivity index (χ1v) is 11.1. The molecular formula is C28H23ClN2. The van der Waals surface area contributed by atoms with E-state index in [0.717, 1.165) is 34.0 Å². The standard InChI is InChI=1S/C28H23ClN2/c29-27-11-8-23(9-12-27)26-10-14-28(30-19-26)13-5-21-3-6-25-18-22(4-7-24(25)17-21)20-31-15-1-2-16-31/h3-4,6-12,14,17-19H,1-2,15-16,20H2. The largest absolute Gasteiger partial charge is 0.299 e. The summed E-state index contributed by atoms with van der Waals surface area (Å²) < 4.78 is 0. The van der Waals surface area contributed by atoms with Crippen molar-refractivity contribution in [2.75, 3.05) is 13.1 Å². The van der Waals surface area contributed by atoms with Crippen molar-refractivity contribution in [3.05, 3.63) is 101 Å². The zero-order chi connectivity index (χ0) is 21.0. The first-order valence-electron chi connectivity index (χ1n) is 10.7. The summed E-state index contributed by atoms with van der Waals surface area (Å²) in [5.74, 6) is 6.44. The van der Waals surface area contributed by atoms with Crippen LogP contribution in [0.25, 0.3) is 21.9 Å². The van der Waals surface area contributed by atoms with E-state index in [9.17, 15) is 0 Å². The lowest BCUT2D eigenvalue weighted by molar-refractivity contribution is 0.331. The molecule has 0 saturated carbocycles. The van der Waals surface area contributed by atoms with E-state index in [4.69, 9.17) is 11.6 Å². The third-order valence-electron chi connectivity index (χ3n) is 5.79. The highest BCUT2D eigenvalue weighted by Crippen LogP contribution is 2.22. The molecule has 3 aromatic carbocycles. The molecule has 4 aromatic rings. The van der Waals surface area contributed by atoms with Crippen LogP contribution in [0.3, 0.4) is 0 Å². The third-order valence-corrected chi connectivity index (χ3v) is 6.04. The van der Waals surface area contributed by atoms with Crippen LogP contribution in [0.5, 0.6) is 0 Å². The minimum atomic E-state index is 0.734. The number of aromatic nitrogens is 1. The van der Waals surface area contributed by atoms with Gasteiger partial charge in [-0.2, -0.15) is 0 Å². The van der Waals surface area contributed by atoms with Crippen LogP contribution >= 0.6 is 11.6 Å². The second kappa shape index (κ2) is 8.94. The molecule has 1 aliphatic heterocycles. The van der Waals surface area contributed by atoms with Gasteiger partial charge in [0.2, 0.25) is 0 Å². The maximum Gasteiger partial charge on any atom is 0.113 e. The molecule has 152 valence electrons. The van der Waals surface area contributed by atoms with Crippen molar-refractivity contribution < 1.29 is 0 Å².